The lowest BCUT2D eigenvalue weighted by atomic mass is 10.1. The van der Waals surface area contributed by atoms with Gasteiger partial charge in [-0.25, -0.2) is 0 Å². The summed E-state index contributed by atoms with van der Waals surface area (Å²) in [6.45, 7) is 3.18. The smallest absolute Gasteiger partial charge is 0.0937 e. The molecule has 0 N–H and O–H groups in total. The molecule has 1 nitrogen and oxygen atoms in total. The van der Waals surface area contributed by atoms with Crippen molar-refractivity contribution in [2.45, 2.75) is 70.8 Å². The van der Waals surface area contributed by atoms with Crippen LogP contribution in [0.5, 0.6) is 0 Å². The monoisotopic (exact) mass is 236 g/mol. The molecule has 0 radical (unpaired) electrons. The molecule has 0 saturated carbocycles. The van der Waals surface area contributed by atoms with Crippen LogP contribution in [0.1, 0.15) is 64.7 Å². The molecule has 17 heavy (non-hydrogen) atoms. The van der Waals surface area contributed by atoms with Crippen LogP contribution in [0.3, 0.4) is 0 Å². The molecule has 0 saturated heterocycles. The van der Waals surface area contributed by atoms with Crippen molar-refractivity contribution in [2.75, 3.05) is 6.61 Å². The zero-order valence-electron chi connectivity index (χ0n) is 11.4. The quantitative estimate of drug-likeness (QED) is 0.382. The molecule has 0 aromatic heterocycles. The fourth-order valence-electron chi connectivity index (χ4n) is 2.13. The van der Waals surface area contributed by atoms with Gasteiger partial charge in [0.05, 0.1) is 6.10 Å². The summed E-state index contributed by atoms with van der Waals surface area (Å²) in [4.78, 5) is 0. The van der Waals surface area contributed by atoms with E-state index in [0.717, 1.165) is 13.0 Å². The van der Waals surface area contributed by atoms with Crippen molar-refractivity contribution >= 4 is 0 Å². The topological polar surface area (TPSA) is 9.23 Å². The summed E-state index contributed by atoms with van der Waals surface area (Å²) in [7, 11) is 0. The van der Waals surface area contributed by atoms with E-state index < -0.39 is 0 Å². The van der Waals surface area contributed by atoms with Crippen LogP contribution in [0.4, 0.5) is 0 Å². The first-order valence-electron chi connectivity index (χ1n) is 7.38. The van der Waals surface area contributed by atoms with E-state index in [2.05, 4.69) is 31.2 Å². The molecule has 0 aromatic rings. The summed E-state index contributed by atoms with van der Waals surface area (Å²) >= 11 is 0. The minimum Gasteiger partial charge on any atom is -0.370 e. The molecule has 0 bridgehead atoms. The Labute approximate surface area is 107 Å². The zero-order valence-corrected chi connectivity index (χ0v) is 11.4. The van der Waals surface area contributed by atoms with Crippen LogP contribution < -0.4 is 0 Å². The van der Waals surface area contributed by atoms with Gasteiger partial charge < -0.3 is 4.74 Å². The van der Waals surface area contributed by atoms with Gasteiger partial charge in [-0.3, -0.25) is 0 Å². The van der Waals surface area contributed by atoms with Gasteiger partial charge in [-0.15, -0.1) is 0 Å². The van der Waals surface area contributed by atoms with Gasteiger partial charge >= 0.3 is 0 Å². The Morgan fingerprint density at radius 1 is 0.882 bits per heavy atom. The number of unbranched alkanes of at least 4 members (excludes halogenated alkanes) is 7. The Hall–Kier alpha value is -0.560. The average Bonchev–Trinajstić information content (AvgIpc) is 2.38. The highest BCUT2D eigenvalue weighted by atomic mass is 16.5. The van der Waals surface area contributed by atoms with E-state index in [1.54, 1.807) is 0 Å². The molecule has 1 rings (SSSR count). The van der Waals surface area contributed by atoms with Crippen LogP contribution >= 0.6 is 0 Å². The van der Waals surface area contributed by atoms with Gasteiger partial charge in [0.25, 0.3) is 0 Å². The molecular weight excluding hydrogens is 208 g/mol. The predicted octanol–water partition coefficient (Wildman–Crippen LogP) is 5.03. The number of hydrogen-bond acceptors (Lipinski definition) is 1. The van der Waals surface area contributed by atoms with Crippen LogP contribution in [0.15, 0.2) is 24.3 Å². The van der Waals surface area contributed by atoms with Gasteiger partial charge in [-0.2, -0.15) is 0 Å². The fraction of sp³-hybridized carbons (Fsp3) is 0.750. The first-order valence-corrected chi connectivity index (χ1v) is 7.38. The minimum atomic E-state index is 0.244. The molecule has 1 aliphatic rings. The molecular formula is C16H28O. The number of hydrogen-bond donors (Lipinski definition) is 0. The van der Waals surface area contributed by atoms with Gasteiger partial charge in [-0.05, 0) is 12.8 Å². The van der Waals surface area contributed by atoms with Gasteiger partial charge in [0.15, 0.2) is 0 Å². The SMILES string of the molecule is CCCCCCCCCCOC1C=CCC=C1. The Bertz CT molecular complexity index is 206. The van der Waals surface area contributed by atoms with Crippen LogP contribution in [0.25, 0.3) is 0 Å². The van der Waals surface area contributed by atoms with Crippen molar-refractivity contribution in [1.29, 1.82) is 0 Å². The predicted molar refractivity (Wildman–Crippen MR) is 75.2 cm³/mol. The van der Waals surface area contributed by atoms with Gasteiger partial charge in [0.1, 0.15) is 0 Å². The standard InChI is InChI=1S/C16H28O/c1-2-3-4-5-6-7-8-12-15-17-16-13-10-9-11-14-16/h10-11,13-14,16H,2-9,12,15H2,1H3. The summed E-state index contributed by atoms with van der Waals surface area (Å²) in [5.41, 5.74) is 0. The number of allylic oxidation sites excluding steroid dienone is 2. The van der Waals surface area contributed by atoms with Crippen molar-refractivity contribution in [3.8, 4) is 0 Å². The first kappa shape index (κ1) is 14.5. The normalized spacial score (nSPS) is 15.6. The second-order valence-electron chi connectivity index (χ2n) is 4.90. The summed E-state index contributed by atoms with van der Waals surface area (Å²) in [6, 6.07) is 0. The van der Waals surface area contributed by atoms with E-state index in [0.29, 0.717) is 0 Å². The summed E-state index contributed by atoms with van der Waals surface area (Å²) < 4.78 is 5.75. The Morgan fingerprint density at radius 2 is 1.47 bits per heavy atom. The van der Waals surface area contributed by atoms with Crippen molar-refractivity contribution in [3.05, 3.63) is 24.3 Å². The summed E-state index contributed by atoms with van der Waals surface area (Å²) in [5.74, 6) is 0. The van der Waals surface area contributed by atoms with Gasteiger partial charge in [0.2, 0.25) is 0 Å². The Morgan fingerprint density at radius 3 is 2.12 bits per heavy atom. The van der Waals surface area contributed by atoms with Crippen LogP contribution in [0, 0.1) is 0 Å². The van der Waals surface area contributed by atoms with Gasteiger partial charge in [-0.1, -0.05) is 76.2 Å². The maximum absolute atomic E-state index is 5.75. The third-order valence-corrected chi connectivity index (χ3v) is 3.23. The Kier molecular flexibility index (Phi) is 9.03. The maximum Gasteiger partial charge on any atom is 0.0937 e. The summed E-state index contributed by atoms with van der Waals surface area (Å²) in [5, 5.41) is 0. The lowest BCUT2D eigenvalue weighted by molar-refractivity contribution is 0.110. The van der Waals surface area contributed by atoms with E-state index >= 15 is 0 Å². The minimum absolute atomic E-state index is 0.244. The molecule has 1 aliphatic carbocycles. The summed E-state index contributed by atoms with van der Waals surface area (Å²) in [6.07, 6.45) is 20.9. The van der Waals surface area contributed by atoms with E-state index in [4.69, 9.17) is 4.74 Å². The molecule has 0 spiro atoms. The Balaban J connectivity index is 1.79. The van der Waals surface area contributed by atoms with E-state index in [1.807, 2.05) is 0 Å². The van der Waals surface area contributed by atoms with Crippen molar-refractivity contribution in [1.82, 2.24) is 0 Å². The van der Waals surface area contributed by atoms with Crippen LogP contribution in [-0.2, 0) is 4.74 Å². The van der Waals surface area contributed by atoms with Crippen LogP contribution in [0.2, 0.25) is 0 Å². The van der Waals surface area contributed by atoms with E-state index in [-0.39, 0.29) is 6.10 Å². The molecule has 98 valence electrons. The zero-order chi connectivity index (χ0) is 12.2. The third-order valence-electron chi connectivity index (χ3n) is 3.23. The highest BCUT2D eigenvalue weighted by Crippen LogP contribution is 2.10. The first-order chi connectivity index (χ1) is 8.43. The molecule has 0 fully saturated rings. The molecule has 0 aliphatic heterocycles. The average molecular weight is 236 g/mol. The largest absolute Gasteiger partial charge is 0.370 e. The lowest BCUT2D eigenvalue weighted by Crippen LogP contribution is -2.09. The molecule has 0 unspecified atom stereocenters. The molecule has 1 heteroatoms. The lowest BCUT2D eigenvalue weighted by Gasteiger charge is -2.12. The molecule has 0 heterocycles. The highest BCUT2D eigenvalue weighted by molar-refractivity contribution is 5.10. The second-order valence-corrected chi connectivity index (χ2v) is 4.90. The third kappa shape index (κ3) is 8.20. The van der Waals surface area contributed by atoms with E-state index in [9.17, 15) is 0 Å². The second kappa shape index (κ2) is 10.6. The van der Waals surface area contributed by atoms with Crippen molar-refractivity contribution < 1.29 is 4.74 Å². The molecule has 0 atom stereocenters. The van der Waals surface area contributed by atoms with E-state index in [1.165, 1.54) is 51.4 Å². The van der Waals surface area contributed by atoms with Crippen molar-refractivity contribution in [3.63, 3.8) is 0 Å². The maximum atomic E-state index is 5.75. The fourth-order valence-corrected chi connectivity index (χ4v) is 2.13. The number of ether oxygens (including phenoxy) is 1. The number of rotatable bonds is 10. The van der Waals surface area contributed by atoms with Gasteiger partial charge in [0, 0.05) is 6.61 Å². The molecule has 0 amide bonds. The molecule has 0 aromatic carbocycles. The highest BCUT2D eigenvalue weighted by Gasteiger charge is 2.01. The van der Waals surface area contributed by atoms with Crippen LogP contribution in [-0.4, -0.2) is 12.7 Å². The van der Waals surface area contributed by atoms with Crippen molar-refractivity contribution in [2.24, 2.45) is 0 Å².